The van der Waals surface area contributed by atoms with Crippen molar-refractivity contribution >= 4 is 17.9 Å². The van der Waals surface area contributed by atoms with Crippen molar-refractivity contribution in [3.8, 4) is 0 Å². The summed E-state index contributed by atoms with van der Waals surface area (Å²) < 4.78 is 16.8. The highest BCUT2D eigenvalue weighted by atomic mass is 16.6. The number of hydrogen-bond acceptors (Lipinski definition) is 6. The zero-order chi connectivity index (χ0) is 50.0. The number of unbranched alkanes of at least 4 members (excludes halogenated alkanes) is 24. The molecule has 394 valence electrons. The van der Waals surface area contributed by atoms with E-state index in [-0.39, 0.29) is 44.0 Å². The number of carbonyl (C=O) groups is 3. The lowest BCUT2D eigenvalue weighted by Gasteiger charge is -2.18. The van der Waals surface area contributed by atoms with E-state index in [1.54, 1.807) is 0 Å². The minimum absolute atomic E-state index is 0.106. The molecule has 0 bridgehead atoms. The quantitative estimate of drug-likeness (QED) is 0.0262. The molecule has 1 atom stereocenters. The van der Waals surface area contributed by atoms with Gasteiger partial charge in [0.2, 0.25) is 0 Å². The summed E-state index contributed by atoms with van der Waals surface area (Å²) in [7, 11) is 0. The van der Waals surface area contributed by atoms with Gasteiger partial charge in [0.25, 0.3) is 0 Å². The third-order valence-electron chi connectivity index (χ3n) is 12.0. The number of esters is 3. The molecule has 0 fully saturated rings. The molecule has 6 heteroatoms. The summed E-state index contributed by atoms with van der Waals surface area (Å²) in [5.41, 5.74) is 0. The van der Waals surface area contributed by atoms with E-state index in [0.29, 0.717) is 12.8 Å². The Hall–Kier alpha value is -3.67. The van der Waals surface area contributed by atoms with Crippen molar-refractivity contribution < 1.29 is 28.6 Å². The zero-order valence-electron chi connectivity index (χ0n) is 45.0. The number of rotatable bonds is 51. The molecule has 0 N–H and O–H groups in total. The van der Waals surface area contributed by atoms with Crippen LogP contribution in [0.15, 0.2) is 97.2 Å². The first-order valence-electron chi connectivity index (χ1n) is 28.7. The Bertz CT molecular complexity index is 1380. The Morgan fingerprint density at radius 2 is 0.580 bits per heavy atom. The highest BCUT2D eigenvalue weighted by Gasteiger charge is 2.19. The average molecular weight is 960 g/mol. The van der Waals surface area contributed by atoms with Crippen LogP contribution in [-0.4, -0.2) is 37.2 Å². The summed E-state index contributed by atoms with van der Waals surface area (Å²) in [6.07, 6.45) is 75.4. The molecular formula is C63H106O6. The van der Waals surface area contributed by atoms with Gasteiger partial charge in [0.15, 0.2) is 6.10 Å². The van der Waals surface area contributed by atoms with Crippen LogP contribution in [0.3, 0.4) is 0 Å². The van der Waals surface area contributed by atoms with Crippen molar-refractivity contribution in [2.75, 3.05) is 13.2 Å². The Balaban J connectivity index is 4.51. The summed E-state index contributed by atoms with van der Waals surface area (Å²) in [4.78, 5) is 38.1. The van der Waals surface area contributed by atoms with Crippen molar-refractivity contribution in [1.29, 1.82) is 0 Å². The molecule has 0 heterocycles. The van der Waals surface area contributed by atoms with E-state index in [4.69, 9.17) is 14.2 Å². The van der Waals surface area contributed by atoms with Crippen LogP contribution in [0.1, 0.15) is 265 Å². The van der Waals surface area contributed by atoms with Gasteiger partial charge in [0.1, 0.15) is 13.2 Å². The predicted octanol–water partition coefficient (Wildman–Crippen LogP) is 19.3. The Morgan fingerprint density at radius 1 is 0.304 bits per heavy atom. The van der Waals surface area contributed by atoms with Crippen LogP contribution in [0.4, 0.5) is 0 Å². The van der Waals surface area contributed by atoms with E-state index in [1.165, 1.54) is 122 Å². The maximum Gasteiger partial charge on any atom is 0.306 e. The summed E-state index contributed by atoms with van der Waals surface area (Å²) in [6, 6.07) is 0. The second kappa shape index (κ2) is 56.9. The molecule has 0 unspecified atom stereocenters. The van der Waals surface area contributed by atoms with Gasteiger partial charge in [-0.15, -0.1) is 0 Å². The normalized spacial score (nSPS) is 12.8. The zero-order valence-corrected chi connectivity index (χ0v) is 45.0. The monoisotopic (exact) mass is 959 g/mol. The van der Waals surface area contributed by atoms with Gasteiger partial charge in [-0.2, -0.15) is 0 Å². The largest absolute Gasteiger partial charge is 0.462 e. The summed E-state index contributed by atoms with van der Waals surface area (Å²) >= 11 is 0. The van der Waals surface area contributed by atoms with Crippen LogP contribution in [0.2, 0.25) is 0 Å². The van der Waals surface area contributed by atoms with Gasteiger partial charge < -0.3 is 14.2 Å². The Morgan fingerprint density at radius 3 is 0.957 bits per heavy atom. The molecule has 0 aliphatic heterocycles. The van der Waals surface area contributed by atoms with Crippen molar-refractivity contribution in [3.05, 3.63) is 97.2 Å². The number of hydrogen-bond donors (Lipinski definition) is 0. The molecule has 0 saturated carbocycles. The van der Waals surface area contributed by atoms with Crippen LogP contribution < -0.4 is 0 Å². The van der Waals surface area contributed by atoms with E-state index < -0.39 is 6.10 Å². The summed E-state index contributed by atoms with van der Waals surface area (Å²) in [5, 5.41) is 0. The summed E-state index contributed by atoms with van der Waals surface area (Å²) in [5.74, 6) is -0.986. The minimum Gasteiger partial charge on any atom is -0.462 e. The number of carbonyl (C=O) groups excluding carboxylic acids is 3. The molecule has 0 amide bonds. The topological polar surface area (TPSA) is 78.9 Å². The van der Waals surface area contributed by atoms with E-state index >= 15 is 0 Å². The molecule has 69 heavy (non-hydrogen) atoms. The fourth-order valence-corrected chi connectivity index (χ4v) is 7.74. The molecule has 0 rings (SSSR count). The smallest absolute Gasteiger partial charge is 0.306 e. The third-order valence-corrected chi connectivity index (χ3v) is 12.0. The predicted molar refractivity (Wildman–Crippen MR) is 297 cm³/mol. The molecule has 0 aliphatic carbocycles. The van der Waals surface area contributed by atoms with E-state index in [0.717, 1.165) is 96.3 Å². The second-order valence-electron chi connectivity index (χ2n) is 18.8. The van der Waals surface area contributed by atoms with Gasteiger partial charge in [-0.25, -0.2) is 0 Å². The Labute approximate surface area is 426 Å². The first-order valence-corrected chi connectivity index (χ1v) is 28.7. The first kappa shape index (κ1) is 65.3. The van der Waals surface area contributed by atoms with Gasteiger partial charge in [0.05, 0.1) is 0 Å². The SMILES string of the molecule is CC/C=C\C/C=C\C/C=C\C/C=C\CCCCCCC(=O)O[C@H](COC(=O)CCC/C=C\C/C=C\C/C=C\CCCCCCCC)COC(=O)CCCCCCCCC/C=C\CCCCCCCC. The van der Waals surface area contributed by atoms with Crippen LogP contribution in [0, 0.1) is 0 Å². The number of ether oxygens (including phenoxy) is 3. The molecular weight excluding hydrogens is 853 g/mol. The number of allylic oxidation sites excluding steroid dienone is 16. The van der Waals surface area contributed by atoms with Crippen molar-refractivity contribution in [1.82, 2.24) is 0 Å². The van der Waals surface area contributed by atoms with Crippen LogP contribution in [0.5, 0.6) is 0 Å². The lowest BCUT2D eigenvalue weighted by molar-refractivity contribution is -0.167. The molecule has 0 saturated heterocycles. The molecule has 6 nitrogen and oxygen atoms in total. The maximum absolute atomic E-state index is 12.8. The Kier molecular flexibility index (Phi) is 53.9. The third kappa shape index (κ3) is 55.1. The van der Waals surface area contributed by atoms with Crippen molar-refractivity contribution in [2.45, 2.75) is 271 Å². The van der Waals surface area contributed by atoms with Crippen LogP contribution in [-0.2, 0) is 28.6 Å². The van der Waals surface area contributed by atoms with Crippen LogP contribution >= 0.6 is 0 Å². The highest BCUT2D eigenvalue weighted by molar-refractivity contribution is 5.71. The lowest BCUT2D eigenvalue weighted by Crippen LogP contribution is -2.30. The van der Waals surface area contributed by atoms with Gasteiger partial charge in [-0.05, 0) is 116 Å². The molecule has 0 radical (unpaired) electrons. The fraction of sp³-hybridized carbons (Fsp3) is 0.698. The van der Waals surface area contributed by atoms with Gasteiger partial charge in [-0.1, -0.05) is 227 Å². The maximum atomic E-state index is 12.8. The van der Waals surface area contributed by atoms with E-state index in [9.17, 15) is 14.4 Å². The summed E-state index contributed by atoms with van der Waals surface area (Å²) in [6.45, 7) is 6.45. The molecule has 0 spiro atoms. The average Bonchev–Trinajstić information content (AvgIpc) is 3.35. The fourth-order valence-electron chi connectivity index (χ4n) is 7.74. The van der Waals surface area contributed by atoms with Gasteiger partial charge in [0, 0.05) is 19.3 Å². The lowest BCUT2D eigenvalue weighted by atomic mass is 10.1. The molecule has 0 aromatic rings. The molecule has 0 aromatic heterocycles. The molecule has 0 aliphatic rings. The highest BCUT2D eigenvalue weighted by Crippen LogP contribution is 2.14. The van der Waals surface area contributed by atoms with Gasteiger partial charge in [-0.3, -0.25) is 14.4 Å². The van der Waals surface area contributed by atoms with Gasteiger partial charge >= 0.3 is 17.9 Å². The van der Waals surface area contributed by atoms with Crippen molar-refractivity contribution in [2.24, 2.45) is 0 Å². The van der Waals surface area contributed by atoms with Crippen molar-refractivity contribution in [3.63, 3.8) is 0 Å². The van der Waals surface area contributed by atoms with E-state index in [1.807, 2.05) is 0 Å². The first-order chi connectivity index (χ1) is 34.0. The molecule has 0 aromatic carbocycles. The minimum atomic E-state index is -0.814. The van der Waals surface area contributed by atoms with Crippen LogP contribution in [0.25, 0.3) is 0 Å². The van der Waals surface area contributed by atoms with E-state index in [2.05, 4.69) is 118 Å². The standard InChI is InChI=1S/C63H106O6/c1-4-7-10-13-16-19-22-25-28-31-34-37-40-43-46-49-52-55-61(64)67-58-60(69-63(66)57-54-51-48-45-42-39-36-33-30-27-24-21-18-15-12-9-6-3)59-68-62(65)56-53-50-47-44-41-38-35-32-29-26-23-20-17-14-11-8-5-2/h9,12,18,21,25-30,34,36-37,39,43,46,60H,4-8,10-11,13-17,19-20,22-24,31-33,35,38,40-42,44-45,47-59H2,1-3H3/b12-9-,21-18-,28-25-,29-26-,30-27-,37-34-,39-36-,46-43-/t60-/m1/s1. The second-order valence-corrected chi connectivity index (χ2v) is 18.8.